The van der Waals surface area contributed by atoms with Gasteiger partial charge < -0.3 is 10.1 Å². The van der Waals surface area contributed by atoms with E-state index >= 15 is 0 Å². The molecule has 6 heteroatoms. The first-order valence-corrected chi connectivity index (χ1v) is 10.3. The molecule has 0 spiro atoms. The van der Waals surface area contributed by atoms with Gasteiger partial charge in [-0.1, -0.05) is 30.3 Å². The summed E-state index contributed by atoms with van der Waals surface area (Å²) in [7, 11) is 3.57. The number of benzene rings is 2. The third kappa shape index (κ3) is 4.14. The maximum absolute atomic E-state index is 13.1. The van der Waals surface area contributed by atoms with Crippen LogP contribution in [-0.4, -0.2) is 34.3 Å². The van der Waals surface area contributed by atoms with Crippen molar-refractivity contribution in [2.75, 3.05) is 13.7 Å². The molecular formula is C25H26N4O2. The molecule has 0 saturated carbocycles. The second-order valence-electron chi connectivity index (χ2n) is 7.60. The van der Waals surface area contributed by atoms with Gasteiger partial charge in [0.25, 0.3) is 5.91 Å². The molecule has 0 aliphatic carbocycles. The van der Waals surface area contributed by atoms with Crippen LogP contribution in [0.3, 0.4) is 0 Å². The first-order chi connectivity index (χ1) is 15.0. The second-order valence-corrected chi connectivity index (χ2v) is 7.60. The molecule has 0 saturated heterocycles. The molecule has 0 aliphatic heterocycles. The first-order valence-electron chi connectivity index (χ1n) is 10.3. The summed E-state index contributed by atoms with van der Waals surface area (Å²) in [6.07, 6.45) is 0.742. The lowest BCUT2D eigenvalue weighted by atomic mass is 10.0. The van der Waals surface area contributed by atoms with E-state index in [0.29, 0.717) is 12.1 Å². The molecule has 4 rings (SSSR count). The minimum atomic E-state index is -0.104. The SMILES string of the molecule is COc1ccc(CCNC(=O)c2cc(-c3c(C)nn(C)c3C)nc3ccccc23)cc1. The van der Waals surface area contributed by atoms with Gasteiger partial charge >= 0.3 is 0 Å². The summed E-state index contributed by atoms with van der Waals surface area (Å²) >= 11 is 0. The molecule has 1 N–H and O–H groups in total. The van der Waals surface area contributed by atoms with Gasteiger partial charge in [0.05, 0.1) is 29.6 Å². The van der Waals surface area contributed by atoms with Crippen molar-refractivity contribution in [1.29, 1.82) is 0 Å². The molecular weight excluding hydrogens is 388 g/mol. The van der Waals surface area contributed by atoms with E-state index in [1.807, 2.05) is 80.2 Å². The average Bonchev–Trinajstić information content (AvgIpc) is 3.04. The van der Waals surface area contributed by atoms with Crippen LogP contribution >= 0.6 is 0 Å². The summed E-state index contributed by atoms with van der Waals surface area (Å²) in [6, 6.07) is 17.5. The number of carbonyl (C=O) groups excluding carboxylic acids is 1. The van der Waals surface area contributed by atoms with Crippen LogP contribution in [0.2, 0.25) is 0 Å². The highest BCUT2D eigenvalue weighted by Gasteiger charge is 2.18. The Labute approximate surface area is 181 Å². The number of pyridine rings is 1. The van der Waals surface area contributed by atoms with Gasteiger partial charge in [0.1, 0.15) is 5.75 Å². The molecule has 0 unspecified atom stereocenters. The number of para-hydroxylation sites is 1. The number of amides is 1. The predicted octanol–water partition coefficient (Wildman–Crippen LogP) is 4.23. The van der Waals surface area contributed by atoms with E-state index in [1.165, 1.54) is 0 Å². The average molecular weight is 415 g/mol. The van der Waals surface area contributed by atoms with Crippen molar-refractivity contribution in [1.82, 2.24) is 20.1 Å². The second kappa shape index (κ2) is 8.60. The molecule has 31 heavy (non-hydrogen) atoms. The van der Waals surface area contributed by atoms with Gasteiger partial charge in [-0.25, -0.2) is 4.98 Å². The molecule has 1 amide bonds. The summed E-state index contributed by atoms with van der Waals surface area (Å²) in [5, 5.41) is 8.41. The molecule has 0 fully saturated rings. The maximum atomic E-state index is 13.1. The lowest BCUT2D eigenvalue weighted by Gasteiger charge is -2.11. The number of nitrogens with zero attached hydrogens (tertiary/aromatic N) is 3. The number of aromatic nitrogens is 3. The van der Waals surface area contributed by atoms with Crippen molar-refractivity contribution in [3.8, 4) is 17.0 Å². The number of rotatable bonds is 6. The number of methoxy groups -OCH3 is 1. The number of hydrogen-bond donors (Lipinski definition) is 1. The quantitative estimate of drug-likeness (QED) is 0.513. The third-order valence-corrected chi connectivity index (χ3v) is 5.58. The van der Waals surface area contributed by atoms with Crippen LogP contribution in [0.25, 0.3) is 22.2 Å². The van der Waals surface area contributed by atoms with E-state index in [2.05, 4.69) is 10.4 Å². The standard InChI is InChI=1S/C25H26N4O2/c1-16-24(17(2)29(3)28-16)23-15-21(20-7-5-6-8-22(20)27-23)25(30)26-14-13-18-9-11-19(31-4)12-10-18/h5-12,15H,13-14H2,1-4H3,(H,26,30). The highest BCUT2D eigenvalue weighted by molar-refractivity contribution is 6.07. The van der Waals surface area contributed by atoms with Crippen LogP contribution in [0, 0.1) is 13.8 Å². The molecule has 2 aromatic carbocycles. The predicted molar refractivity (Wildman–Crippen MR) is 122 cm³/mol. The largest absolute Gasteiger partial charge is 0.497 e. The summed E-state index contributed by atoms with van der Waals surface area (Å²) in [5.41, 5.74) is 6.21. The van der Waals surface area contributed by atoms with Crippen molar-refractivity contribution < 1.29 is 9.53 Å². The molecule has 0 bridgehead atoms. The number of ether oxygens (including phenoxy) is 1. The number of carbonyl (C=O) groups is 1. The lowest BCUT2D eigenvalue weighted by Crippen LogP contribution is -2.26. The van der Waals surface area contributed by atoms with Crippen molar-refractivity contribution in [2.24, 2.45) is 7.05 Å². The molecule has 0 atom stereocenters. The molecule has 4 aromatic rings. The zero-order chi connectivity index (χ0) is 22.0. The van der Waals surface area contributed by atoms with Crippen molar-refractivity contribution in [2.45, 2.75) is 20.3 Å². The lowest BCUT2D eigenvalue weighted by molar-refractivity contribution is 0.0955. The van der Waals surface area contributed by atoms with Gasteiger partial charge in [-0.2, -0.15) is 5.10 Å². The molecule has 2 heterocycles. The Morgan fingerprint density at radius 1 is 1.10 bits per heavy atom. The topological polar surface area (TPSA) is 69.0 Å². The number of aryl methyl sites for hydroxylation is 2. The first kappa shape index (κ1) is 20.6. The zero-order valence-electron chi connectivity index (χ0n) is 18.3. The van der Waals surface area contributed by atoms with Crippen LogP contribution in [0.5, 0.6) is 5.75 Å². The van der Waals surface area contributed by atoms with Crippen LogP contribution < -0.4 is 10.1 Å². The van der Waals surface area contributed by atoms with E-state index in [0.717, 1.165) is 51.3 Å². The summed E-state index contributed by atoms with van der Waals surface area (Å²) in [4.78, 5) is 18.0. The molecule has 2 aromatic heterocycles. The Hall–Kier alpha value is -3.67. The minimum absolute atomic E-state index is 0.104. The monoisotopic (exact) mass is 414 g/mol. The van der Waals surface area contributed by atoms with Crippen molar-refractivity contribution in [3.05, 3.63) is 77.1 Å². The Morgan fingerprint density at radius 3 is 2.52 bits per heavy atom. The summed E-state index contributed by atoms with van der Waals surface area (Å²) in [6.45, 7) is 4.52. The Balaban J connectivity index is 1.61. The van der Waals surface area contributed by atoms with Gasteiger partial charge in [-0.3, -0.25) is 9.48 Å². The number of fused-ring (bicyclic) bond motifs is 1. The van der Waals surface area contributed by atoms with Crippen molar-refractivity contribution >= 4 is 16.8 Å². The third-order valence-electron chi connectivity index (χ3n) is 5.58. The molecule has 158 valence electrons. The molecule has 0 radical (unpaired) electrons. The fourth-order valence-corrected chi connectivity index (χ4v) is 3.84. The highest BCUT2D eigenvalue weighted by Crippen LogP contribution is 2.29. The maximum Gasteiger partial charge on any atom is 0.252 e. The van der Waals surface area contributed by atoms with E-state index in [9.17, 15) is 4.79 Å². The van der Waals surface area contributed by atoms with Gasteiger partial charge in [0.15, 0.2) is 0 Å². The fourth-order valence-electron chi connectivity index (χ4n) is 3.84. The van der Waals surface area contributed by atoms with E-state index < -0.39 is 0 Å². The van der Waals surface area contributed by atoms with Crippen molar-refractivity contribution in [3.63, 3.8) is 0 Å². The van der Waals surface area contributed by atoms with Gasteiger partial charge in [0.2, 0.25) is 0 Å². The Bertz CT molecular complexity index is 1240. The van der Waals surface area contributed by atoms with Gasteiger partial charge in [-0.05, 0) is 50.1 Å². The minimum Gasteiger partial charge on any atom is -0.497 e. The zero-order valence-corrected chi connectivity index (χ0v) is 18.3. The fraction of sp³-hybridized carbons (Fsp3) is 0.240. The molecule has 0 aliphatic rings. The Kier molecular flexibility index (Phi) is 5.71. The Morgan fingerprint density at radius 2 is 1.84 bits per heavy atom. The van der Waals surface area contributed by atoms with Crippen LogP contribution in [-0.2, 0) is 13.5 Å². The van der Waals surface area contributed by atoms with Crippen LogP contribution in [0.4, 0.5) is 0 Å². The summed E-state index contributed by atoms with van der Waals surface area (Å²) in [5.74, 6) is 0.720. The number of hydrogen-bond acceptors (Lipinski definition) is 4. The highest BCUT2D eigenvalue weighted by atomic mass is 16.5. The van der Waals surface area contributed by atoms with E-state index in [4.69, 9.17) is 9.72 Å². The van der Waals surface area contributed by atoms with Gasteiger partial charge in [0, 0.05) is 30.2 Å². The van der Waals surface area contributed by atoms with Crippen LogP contribution in [0.1, 0.15) is 27.3 Å². The van der Waals surface area contributed by atoms with E-state index in [-0.39, 0.29) is 5.91 Å². The number of nitrogens with one attached hydrogen (secondary N) is 1. The molecule has 6 nitrogen and oxygen atoms in total. The normalized spacial score (nSPS) is 11.0. The smallest absolute Gasteiger partial charge is 0.252 e. The van der Waals surface area contributed by atoms with E-state index in [1.54, 1.807) is 7.11 Å². The summed E-state index contributed by atoms with van der Waals surface area (Å²) < 4.78 is 7.04. The van der Waals surface area contributed by atoms with Gasteiger partial charge in [-0.15, -0.1) is 0 Å². The van der Waals surface area contributed by atoms with Crippen LogP contribution in [0.15, 0.2) is 54.6 Å².